The first-order valence-corrected chi connectivity index (χ1v) is 9.56. The van der Waals surface area contributed by atoms with Crippen molar-refractivity contribution in [2.75, 3.05) is 21.3 Å². The van der Waals surface area contributed by atoms with Gasteiger partial charge in [-0.05, 0) is 42.8 Å². The molecule has 0 aliphatic carbocycles. The molecule has 3 rings (SSSR count). The molecule has 1 atom stereocenters. The number of hydrogen-bond acceptors (Lipinski definition) is 7. The second-order valence-corrected chi connectivity index (χ2v) is 6.63. The van der Waals surface area contributed by atoms with E-state index in [1.54, 1.807) is 33.4 Å². The van der Waals surface area contributed by atoms with E-state index in [1.165, 1.54) is 4.90 Å². The third-order valence-electron chi connectivity index (χ3n) is 4.53. The third-order valence-corrected chi connectivity index (χ3v) is 4.53. The third kappa shape index (κ3) is 5.08. The summed E-state index contributed by atoms with van der Waals surface area (Å²) in [5.74, 6) is 2.60. The fourth-order valence-corrected chi connectivity index (χ4v) is 2.85. The summed E-state index contributed by atoms with van der Waals surface area (Å²) in [6.45, 7) is 2.07. The van der Waals surface area contributed by atoms with Crippen molar-refractivity contribution in [1.29, 1.82) is 0 Å². The lowest BCUT2D eigenvalue weighted by atomic mass is 10.2. The maximum Gasteiger partial charge on any atom is 0.263 e. The summed E-state index contributed by atoms with van der Waals surface area (Å²) in [5.41, 5.74) is 0.799. The average Bonchev–Trinajstić information content (AvgIpc) is 3.25. The number of rotatable bonds is 9. The number of methoxy groups -OCH3 is 2. The standard InChI is InChI=1S/C22H25N3O5/c1-5-19(29-18-8-6-7-17(13-18)28-4)22(26)25(2)14-20-23-21(24-30-20)15-9-11-16(27-3)12-10-15/h6-13,19H,5,14H2,1-4H3/t19-/m0/s1. The minimum absolute atomic E-state index is 0.176. The molecule has 0 spiro atoms. The number of nitrogens with zero attached hydrogens (tertiary/aromatic N) is 3. The number of ether oxygens (including phenoxy) is 3. The van der Waals surface area contributed by atoms with Crippen LogP contribution < -0.4 is 14.2 Å². The zero-order chi connectivity index (χ0) is 21.5. The van der Waals surface area contributed by atoms with Crippen LogP contribution in [0.2, 0.25) is 0 Å². The van der Waals surface area contributed by atoms with E-state index in [9.17, 15) is 4.79 Å². The van der Waals surface area contributed by atoms with Crippen LogP contribution in [0.3, 0.4) is 0 Å². The van der Waals surface area contributed by atoms with E-state index in [0.29, 0.717) is 29.6 Å². The lowest BCUT2D eigenvalue weighted by molar-refractivity contribution is -0.138. The normalized spacial score (nSPS) is 11.6. The van der Waals surface area contributed by atoms with Crippen LogP contribution in [-0.2, 0) is 11.3 Å². The molecular formula is C22H25N3O5. The van der Waals surface area contributed by atoms with Crippen LogP contribution in [0.1, 0.15) is 19.2 Å². The molecule has 8 heteroatoms. The van der Waals surface area contributed by atoms with Gasteiger partial charge >= 0.3 is 0 Å². The Hall–Kier alpha value is -3.55. The Morgan fingerprint density at radius 3 is 2.43 bits per heavy atom. The minimum atomic E-state index is -0.633. The zero-order valence-electron chi connectivity index (χ0n) is 17.5. The Bertz CT molecular complexity index is 971. The number of carbonyl (C=O) groups is 1. The van der Waals surface area contributed by atoms with E-state index in [-0.39, 0.29) is 12.5 Å². The van der Waals surface area contributed by atoms with Crippen molar-refractivity contribution < 1.29 is 23.5 Å². The molecule has 0 saturated heterocycles. The fourth-order valence-electron chi connectivity index (χ4n) is 2.85. The predicted octanol–water partition coefficient (Wildman–Crippen LogP) is 3.57. The van der Waals surface area contributed by atoms with Crippen molar-refractivity contribution in [1.82, 2.24) is 15.0 Å². The van der Waals surface area contributed by atoms with E-state index >= 15 is 0 Å². The predicted molar refractivity (Wildman–Crippen MR) is 110 cm³/mol. The SMILES string of the molecule is CC[C@H](Oc1cccc(OC)c1)C(=O)N(C)Cc1nc(-c2ccc(OC)cc2)no1. The monoisotopic (exact) mass is 411 g/mol. The van der Waals surface area contributed by atoms with Crippen LogP contribution >= 0.6 is 0 Å². The van der Waals surface area contributed by atoms with E-state index in [2.05, 4.69) is 10.1 Å². The van der Waals surface area contributed by atoms with Gasteiger partial charge < -0.3 is 23.6 Å². The summed E-state index contributed by atoms with van der Waals surface area (Å²) in [6, 6.07) is 14.5. The van der Waals surface area contributed by atoms with E-state index in [1.807, 2.05) is 43.3 Å². The van der Waals surface area contributed by atoms with Crippen LogP contribution in [0.15, 0.2) is 53.1 Å². The van der Waals surface area contributed by atoms with Crippen LogP contribution in [0.25, 0.3) is 11.4 Å². The summed E-state index contributed by atoms with van der Waals surface area (Å²) in [7, 11) is 4.87. The van der Waals surface area contributed by atoms with E-state index < -0.39 is 6.10 Å². The van der Waals surface area contributed by atoms with Crippen molar-refractivity contribution in [3.63, 3.8) is 0 Å². The summed E-state index contributed by atoms with van der Waals surface area (Å²) >= 11 is 0. The largest absolute Gasteiger partial charge is 0.497 e. The van der Waals surface area contributed by atoms with Crippen molar-refractivity contribution in [2.24, 2.45) is 0 Å². The highest BCUT2D eigenvalue weighted by Gasteiger charge is 2.24. The zero-order valence-corrected chi connectivity index (χ0v) is 17.5. The van der Waals surface area contributed by atoms with Gasteiger partial charge in [0, 0.05) is 18.7 Å². The van der Waals surface area contributed by atoms with Gasteiger partial charge in [-0.25, -0.2) is 0 Å². The molecule has 0 fully saturated rings. The number of benzene rings is 2. The molecular weight excluding hydrogens is 386 g/mol. The lowest BCUT2D eigenvalue weighted by Crippen LogP contribution is -2.39. The molecule has 2 aromatic carbocycles. The molecule has 0 radical (unpaired) electrons. The summed E-state index contributed by atoms with van der Waals surface area (Å²) < 4.78 is 21.5. The highest BCUT2D eigenvalue weighted by Crippen LogP contribution is 2.22. The van der Waals surface area contributed by atoms with Crippen LogP contribution in [0.4, 0.5) is 0 Å². The molecule has 158 valence electrons. The Morgan fingerprint density at radius 1 is 1.07 bits per heavy atom. The van der Waals surface area contributed by atoms with Gasteiger partial charge in [0.15, 0.2) is 6.10 Å². The molecule has 0 aliphatic rings. The highest BCUT2D eigenvalue weighted by molar-refractivity contribution is 5.81. The smallest absolute Gasteiger partial charge is 0.263 e. The molecule has 3 aromatic rings. The van der Waals surface area contributed by atoms with Crippen molar-refractivity contribution >= 4 is 5.91 Å². The van der Waals surface area contributed by atoms with Crippen LogP contribution in [0, 0.1) is 0 Å². The van der Waals surface area contributed by atoms with E-state index in [4.69, 9.17) is 18.7 Å². The number of carbonyl (C=O) groups excluding carboxylic acids is 1. The van der Waals surface area contributed by atoms with Gasteiger partial charge in [0.2, 0.25) is 11.7 Å². The highest BCUT2D eigenvalue weighted by atomic mass is 16.5. The summed E-state index contributed by atoms with van der Waals surface area (Å²) in [5, 5.41) is 4.00. The molecule has 0 N–H and O–H groups in total. The van der Waals surface area contributed by atoms with Gasteiger partial charge in [-0.3, -0.25) is 4.79 Å². The molecule has 1 aromatic heterocycles. The molecule has 0 bridgehead atoms. The summed E-state index contributed by atoms with van der Waals surface area (Å²) in [4.78, 5) is 18.7. The van der Waals surface area contributed by atoms with Gasteiger partial charge in [0.05, 0.1) is 20.8 Å². The van der Waals surface area contributed by atoms with Crippen molar-refractivity contribution in [3.8, 4) is 28.6 Å². The molecule has 0 unspecified atom stereocenters. The number of aromatic nitrogens is 2. The molecule has 1 heterocycles. The maximum absolute atomic E-state index is 12.9. The average molecular weight is 411 g/mol. The minimum Gasteiger partial charge on any atom is -0.497 e. The Morgan fingerprint density at radius 2 is 1.77 bits per heavy atom. The molecule has 8 nitrogen and oxygen atoms in total. The summed E-state index contributed by atoms with van der Waals surface area (Å²) in [6.07, 6.45) is -0.118. The van der Waals surface area contributed by atoms with Gasteiger partial charge in [-0.15, -0.1) is 0 Å². The molecule has 0 aliphatic heterocycles. The molecule has 1 amide bonds. The van der Waals surface area contributed by atoms with Gasteiger partial charge in [0.1, 0.15) is 17.2 Å². The Labute approximate surface area is 175 Å². The van der Waals surface area contributed by atoms with E-state index in [0.717, 1.165) is 11.3 Å². The Kier molecular flexibility index (Phi) is 6.90. The second-order valence-electron chi connectivity index (χ2n) is 6.63. The Balaban J connectivity index is 1.64. The first-order chi connectivity index (χ1) is 14.5. The fraction of sp³-hybridized carbons (Fsp3) is 0.318. The topological polar surface area (TPSA) is 86.9 Å². The van der Waals surface area contributed by atoms with Crippen LogP contribution in [0.5, 0.6) is 17.2 Å². The quantitative estimate of drug-likeness (QED) is 0.532. The van der Waals surface area contributed by atoms with Crippen LogP contribution in [-0.4, -0.2) is 48.3 Å². The number of hydrogen-bond donors (Lipinski definition) is 0. The van der Waals surface area contributed by atoms with Crippen molar-refractivity contribution in [2.45, 2.75) is 26.0 Å². The number of likely N-dealkylation sites (N-methyl/N-ethyl adjacent to an activating group) is 1. The molecule has 0 saturated carbocycles. The second kappa shape index (κ2) is 9.78. The maximum atomic E-state index is 12.9. The first kappa shape index (κ1) is 21.2. The molecule has 30 heavy (non-hydrogen) atoms. The van der Waals surface area contributed by atoms with Gasteiger partial charge in [0.25, 0.3) is 5.91 Å². The first-order valence-electron chi connectivity index (χ1n) is 9.56. The van der Waals surface area contributed by atoms with Crippen molar-refractivity contribution in [3.05, 3.63) is 54.4 Å². The lowest BCUT2D eigenvalue weighted by Gasteiger charge is -2.22. The number of amides is 1. The van der Waals surface area contributed by atoms with Gasteiger partial charge in [-0.2, -0.15) is 4.98 Å². The van der Waals surface area contributed by atoms with Gasteiger partial charge in [-0.1, -0.05) is 18.1 Å².